The Bertz CT molecular complexity index is 1190. The molecule has 1 atom stereocenters. The van der Waals surface area contributed by atoms with Gasteiger partial charge < -0.3 is 16.0 Å². The summed E-state index contributed by atoms with van der Waals surface area (Å²) in [7, 11) is 0. The number of nitrogens with one attached hydrogen (secondary N) is 3. The van der Waals surface area contributed by atoms with E-state index in [9.17, 15) is 9.59 Å². The van der Waals surface area contributed by atoms with Crippen molar-refractivity contribution in [2.24, 2.45) is 0 Å². The van der Waals surface area contributed by atoms with Crippen LogP contribution in [-0.4, -0.2) is 23.5 Å². The summed E-state index contributed by atoms with van der Waals surface area (Å²) < 4.78 is 0. The highest BCUT2D eigenvalue weighted by molar-refractivity contribution is 5.97. The number of carbonyl (C=O) groups is 2. The second kappa shape index (κ2) is 10.2. The van der Waals surface area contributed by atoms with E-state index in [-0.39, 0.29) is 5.91 Å². The zero-order valence-electron chi connectivity index (χ0n) is 17.5. The fourth-order valence-electron chi connectivity index (χ4n) is 3.54. The average Bonchev–Trinajstić information content (AvgIpc) is 2.84. The summed E-state index contributed by atoms with van der Waals surface area (Å²) in [4.78, 5) is 30.0. The van der Waals surface area contributed by atoms with E-state index in [0.29, 0.717) is 24.2 Å². The molecule has 4 rings (SSSR count). The van der Waals surface area contributed by atoms with Crippen molar-refractivity contribution >= 4 is 28.5 Å². The molecule has 3 N–H and O–H groups in total. The quantitative estimate of drug-likeness (QED) is 0.410. The minimum absolute atomic E-state index is 0.309. The first-order chi connectivity index (χ1) is 15.7. The third-order valence-corrected chi connectivity index (χ3v) is 5.11. The maximum atomic E-state index is 12.9. The summed E-state index contributed by atoms with van der Waals surface area (Å²) in [6.07, 6.45) is 2.40. The number of aromatic nitrogens is 1. The second-order valence-electron chi connectivity index (χ2n) is 7.34. The first-order valence-corrected chi connectivity index (χ1v) is 10.5. The summed E-state index contributed by atoms with van der Waals surface area (Å²) in [5.41, 5.74) is 3.37. The van der Waals surface area contributed by atoms with Crippen LogP contribution >= 0.6 is 0 Å². The predicted octanol–water partition coefficient (Wildman–Crippen LogP) is 4.46. The number of fused-ring (bicyclic) bond motifs is 1. The highest BCUT2D eigenvalue weighted by Crippen LogP contribution is 2.17. The normalized spacial score (nSPS) is 11.5. The maximum absolute atomic E-state index is 12.9. The van der Waals surface area contributed by atoms with Crippen molar-refractivity contribution in [3.8, 4) is 0 Å². The maximum Gasteiger partial charge on any atom is 0.315 e. The molecule has 0 saturated carbocycles. The first-order valence-electron chi connectivity index (χ1n) is 10.5. The van der Waals surface area contributed by atoms with Crippen LogP contribution in [0.2, 0.25) is 0 Å². The van der Waals surface area contributed by atoms with Gasteiger partial charge in [0.15, 0.2) is 0 Å². The molecule has 1 heterocycles. The fourth-order valence-corrected chi connectivity index (χ4v) is 3.54. The molecule has 0 fully saturated rings. The number of nitrogens with zero attached hydrogens (tertiary/aromatic N) is 1. The Morgan fingerprint density at radius 3 is 2.31 bits per heavy atom. The number of benzene rings is 3. The lowest BCUT2D eigenvalue weighted by Crippen LogP contribution is -2.43. The molecule has 0 saturated heterocycles. The Labute approximate surface area is 186 Å². The molecule has 1 aromatic heterocycles. The van der Waals surface area contributed by atoms with Crippen LogP contribution in [0.3, 0.4) is 0 Å². The highest BCUT2D eigenvalue weighted by Gasteiger charge is 2.22. The number of amides is 3. The van der Waals surface area contributed by atoms with Crippen molar-refractivity contribution in [2.75, 3.05) is 11.9 Å². The van der Waals surface area contributed by atoms with Crippen molar-refractivity contribution < 1.29 is 9.59 Å². The Balaban J connectivity index is 1.40. The lowest BCUT2D eigenvalue weighted by atomic mass is 10.1. The van der Waals surface area contributed by atoms with Gasteiger partial charge >= 0.3 is 6.03 Å². The van der Waals surface area contributed by atoms with Crippen molar-refractivity contribution in [3.63, 3.8) is 0 Å². The summed E-state index contributed by atoms with van der Waals surface area (Å²) in [5.74, 6) is -0.309. The standard InChI is InChI=1S/C26H24N4O2/c31-25(29-22-14-5-2-6-15-22)24(20-9-3-1-4-10-20)30-26(32)28-18-16-21-12-7-11-19-13-8-17-27-23(19)21/h1-15,17,24H,16,18H2,(H,29,31)(H2,28,30,32). The zero-order valence-corrected chi connectivity index (χ0v) is 17.5. The van der Waals surface area contributed by atoms with Crippen molar-refractivity contribution in [1.82, 2.24) is 15.6 Å². The summed E-state index contributed by atoms with van der Waals surface area (Å²) in [6, 6.07) is 27.0. The molecule has 0 aliphatic heterocycles. The van der Waals surface area contributed by atoms with Gasteiger partial charge in [-0.2, -0.15) is 0 Å². The predicted molar refractivity (Wildman–Crippen MR) is 126 cm³/mol. The van der Waals surface area contributed by atoms with Crippen molar-refractivity contribution in [3.05, 3.63) is 108 Å². The van der Waals surface area contributed by atoms with Gasteiger partial charge in [-0.15, -0.1) is 0 Å². The second-order valence-corrected chi connectivity index (χ2v) is 7.34. The van der Waals surface area contributed by atoms with Crippen LogP contribution in [0.5, 0.6) is 0 Å². The lowest BCUT2D eigenvalue weighted by Gasteiger charge is -2.19. The summed E-state index contributed by atoms with van der Waals surface area (Å²) in [5, 5.41) is 9.58. The highest BCUT2D eigenvalue weighted by atomic mass is 16.2. The number of rotatable bonds is 7. The molecule has 0 aliphatic carbocycles. The molecular weight excluding hydrogens is 400 g/mol. The topological polar surface area (TPSA) is 83.1 Å². The molecule has 3 aromatic carbocycles. The van der Waals surface area contributed by atoms with E-state index in [1.165, 1.54) is 0 Å². The van der Waals surface area contributed by atoms with Gasteiger partial charge in [0.2, 0.25) is 0 Å². The van der Waals surface area contributed by atoms with E-state index in [1.807, 2.05) is 78.9 Å². The summed E-state index contributed by atoms with van der Waals surface area (Å²) in [6.45, 7) is 0.420. The lowest BCUT2D eigenvalue weighted by molar-refractivity contribution is -0.118. The monoisotopic (exact) mass is 424 g/mol. The summed E-state index contributed by atoms with van der Waals surface area (Å²) >= 11 is 0. The van der Waals surface area contributed by atoms with Crippen LogP contribution in [-0.2, 0) is 11.2 Å². The van der Waals surface area contributed by atoms with Crippen LogP contribution in [0.4, 0.5) is 10.5 Å². The molecule has 6 heteroatoms. The Morgan fingerprint density at radius 2 is 1.53 bits per heavy atom. The van der Waals surface area contributed by atoms with E-state index in [2.05, 4.69) is 20.9 Å². The van der Waals surface area contributed by atoms with Crippen LogP contribution in [0.1, 0.15) is 17.2 Å². The Kier molecular flexibility index (Phi) is 6.72. The Hall–Kier alpha value is -4.19. The smallest absolute Gasteiger partial charge is 0.315 e. The molecule has 0 spiro atoms. The number of anilines is 1. The molecule has 3 amide bonds. The van der Waals surface area contributed by atoms with E-state index < -0.39 is 12.1 Å². The van der Waals surface area contributed by atoms with Gasteiger partial charge in [-0.05, 0) is 35.7 Å². The van der Waals surface area contributed by atoms with Crippen LogP contribution < -0.4 is 16.0 Å². The number of para-hydroxylation sites is 2. The third kappa shape index (κ3) is 5.29. The van der Waals surface area contributed by atoms with Crippen LogP contribution in [0.25, 0.3) is 10.9 Å². The number of hydrogen-bond donors (Lipinski definition) is 3. The molecule has 4 aromatic rings. The number of carbonyl (C=O) groups excluding carboxylic acids is 2. The molecule has 6 nitrogen and oxygen atoms in total. The van der Waals surface area contributed by atoms with E-state index in [0.717, 1.165) is 16.5 Å². The SMILES string of the molecule is O=C(NCCc1cccc2cccnc12)NC(C(=O)Nc1ccccc1)c1ccccc1. The molecular formula is C26H24N4O2. The molecule has 160 valence electrons. The van der Waals surface area contributed by atoms with Crippen LogP contribution in [0.15, 0.2) is 97.2 Å². The number of pyridine rings is 1. The molecule has 0 radical (unpaired) electrons. The minimum Gasteiger partial charge on any atom is -0.338 e. The van der Waals surface area contributed by atoms with Gasteiger partial charge in [-0.3, -0.25) is 9.78 Å². The van der Waals surface area contributed by atoms with Gasteiger partial charge in [-0.1, -0.05) is 72.8 Å². The minimum atomic E-state index is -0.823. The zero-order chi connectivity index (χ0) is 22.2. The number of hydrogen-bond acceptors (Lipinski definition) is 3. The molecule has 1 unspecified atom stereocenters. The van der Waals surface area contributed by atoms with Gasteiger partial charge in [0, 0.05) is 23.8 Å². The van der Waals surface area contributed by atoms with Crippen molar-refractivity contribution in [2.45, 2.75) is 12.5 Å². The first kappa shape index (κ1) is 21.1. The van der Waals surface area contributed by atoms with Gasteiger partial charge in [0.25, 0.3) is 5.91 Å². The van der Waals surface area contributed by atoms with Gasteiger partial charge in [0.05, 0.1) is 5.52 Å². The average molecular weight is 425 g/mol. The van der Waals surface area contributed by atoms with Crippen molar-refractivity contribution in [1.29, 1.82) is 0 Å². The van der Waals surface area contributed by atoms with E-state index in [1.54, 1.807) is 18.3 Å². The van der Waals surface area contributed by atoms with Gasteiger partial charge in [0.1, 0.15) is 6.04 Å². The third-order valence-electron chi connectivity index (χ3n) is 5.11. The van der Waals surface area contributed by atoms with E-state index in [4.69, 9.17) is 0 Å². The van der Waals surface area contributed by atoms with Gasteiger partial charge in [-0.25, -0.2) is 4.79 Å². The molecule has 0 bridgehead atoms. The Morgan fingerprint density at radius 1 is 0.812 bits per heavy atom. The molecule has 0 aliphatic rings. The van der Waals surface area contributed by atoms with Crippen LogP contribution in [0, 0.1) is 0 Å². The largest absolute Gasteiger partial charge is 0.338 e. The fraction of sp³-hybridized carbons (Fsp3) is 0.115. The number of urea groups is 1. The van der Waals surface area contributed by atoms with E-state index >= 15 is 0 Å². The molecule has 32 heavy (non-hydrogen) atoms.